The first-order valence-electron chi connectivity index (χ1n) is 9.35. The van der Waals surface area contributed by atoms with Crippen molar-refractivity contribution in [3.8, 4) is 5.69 Å². The largest absolute Gasteiger partial charge is 0.384 e. The molecule has 0 saturated carbocycles. The Morgan fingerprint density at radius 3 is 2.70 bits per heavy atom. The van der Waals surface area contributed by atoms with Gasteiger partial charge in [-0.25, -0.2) is 0 Å². The Bertz CT molecular complexity index is 1020. The number of nitrogens with zero attached hydrogens (tertiary/aromatic N) is 2. The summed E-state index contributed by atoms with van der Waals surface area (Å²) >= 11 is 0. The fraction of sp³-hybridized carbons (Fsp3) is 0.333. The number of ether oxygens (including phenoxy) is 2. The zero-order chi connectivity index (χ0) is 18.8. The highest BCUT2D eigenvalue weighted by Gasteiger charge is 2.19. The molecule has 0 aliphatic carbocycles. The number of hydrogen-bond acceptors (Lipinski definition) is 5. The second-order valence-electron chi connectivity index (χ2n) is 6.41. The van der Waals surface area contributed by atoms with E-state index in [1.165, 1.54) is 4.68 Å². The fourth-order valence-corrected chi connectivity index (χ4v) is 3.53. The number of anilines is 1. The molecule has 0 radical (unpaired) electrons. The molecular formula is C21H23N3O3. The minimum atomic E-state index is -0.453. The van der Waals surface area contributed by atoms with E-state index in [0.717, 1.165) is 35.3 Å². The molecule has 0 fully saturated rings. The molecule has 1 aliphatic heterocycles. The maximum Gasteiger partial charge on any atom is 0.279 e. The molecule has 0 bridgehead atoms. The molecule has 2 heterocycles. The van der Waals surface area contributed by atoms with Gasteiger partial charge in [0.25, 0.3) is 5.56 Å². The lowest BCUT2D eigenvalue weighted by atomic mass is 10.0. The Morgan fingerprint density at radius 2 is 1.93 bits per heavy atom. The molecule has 0 atom stereocenters. The van der Waals surface area contributed by atoms with Crippen LogP contribution >= 0.6 is 0 Å². The molecule has 1 aliphatic rings. The summed E-state index contributed by atoms with van der Waals surface area (Å²) in [7, 11) is 0. The number of aromatic nitrogens is 2. The Hall–Kier alpha value is -2.70. The first kappa shape index (κ1) is 17.7. The average molecular weight is 365 g/mol. The maximum atomic E-state index is 13.1. The van der Waals surface area contributed by atoms with Crippen molar-refractivity contribution in [1.82, 2.24) is 9.78 Å². The molecule has 0 amide bonds. The number of rotatable bonds is 6. The fourth-order valence-electron chi connectivity index (χ4n) is 3.53. The molecule has 0 saturated heterocycles. The zero-order valence-electron chi connectivity index (χ0n) is 15.6. The van der Waals surface area contributed by atoms with Gasteiger partial charge < -0.3 is 14.8 Å². The summed E-state index contributed by atoms with van der Waals surface area (Å²) in [5.74, 6) is 0. The van der Waals surface area contributed by atoms with E-state index < -0.39 is 6.29 Å². The maximum absolute atomic E-state index is 13.1. The quantitative estimate of drug-likeness (QED) is 0.678. The van der Waals surface area contributed by atoms with E-state index in [-0.39, 0.29) is 5.56 Å². The van der Waals surface area contributed by atoms with E-state index in [9.17, 15) is 4.79 Å². The second kappa shape index (κ2) is 7.50. The van der Waals surface area contributed by atoms with E-state index in [2.05, 4.69) is 10.4 Å². The highest BCUT2D eigenvalue weighted by molar-refractivity contribution is 5.96. The van der Waals surface area contributed by atoms with E-state index in [1.54, 1.807) is 0 Å². The van der Waals surface area contributed by atoms with Crippen LogP contribution in [-0.2, 0) is 15.9 Å². The van der Waals surface area contributed by atoms with Crippen LogP contribution in [0.4, 0.5) is 5.69 Å². The van der Waals surface area contributed by atoms with Crippen LogP contribution in [0, 0.1) is 0 Å². The Balaban J connectivity index is 1.85. The summed E-state index contributed by atoms with van der Waals surface area (Å²) in [6, 6.07) is 13.4. The summed E-state index contributed by atoms with van der Waals surface area (Å²) in [5, 5.41) is 9.64. The van der Waals surface area contributed by atoms with E-state index in [0.29, 0.717) is 24.3 Å². The molecule has 2 aromatic carbocycles. The minimum absolute atomic E-state index is 0.124. The predicted octanol–water partition coefficient (Wildman–Crippen LogP) is 3.43. The van der Waals surface area contributed by atoms with Crippen LogP contribution in [0.5, 0.6) is 0 Å². The van der Waals surface area contributed by atoms with Crippen molar-refractivity contribution >= 4 is 16.5 Å². The Morgan fingerprint density at radius 1 is 1.15 bits per heavy atom. The van der Waals surface area contributed by atoms with Crippen LogP contribution in [-0.4, -0.2) is 29.5 Å². The van der Waals surface area contributed by atoms with Crippen LogP contribution in [0.1, 0.15) is 31.4 Å². The van der Waals surface area contributed by atoms with Crippen molar-refractivity contribution in [3.05, 3.63) is 64.1 Å². The van der Waals surface area contributed by atoms with Gasteiger partial charge in [-0.15, -0.1) is 0 Å². The summed E-state index contributed by atoms with van der Waals surface area (Å²) in [6.07, 6.45) is 0.332. The lowest BCUT2D eigenvalue weighted by molar-refractivity contribution is -0.140. The molecule has 1 aromatic heterocycles. The summed E-state index contributed by atoms with van der Waals surface area (Å²) in [6.45, 7) is 5.77. The van der Waals surface area contributed by atoms with Gasteiger partial charge in [0.15, 0.2) is 6.29 Å². The first-order valence-corrected chi connectivity index (χ1v) is 9.35. The third-order valence-electron chi connectivity index (χ3n) is 4.70. The highest BCUT2D eigenvalue weighted by Crippen LogP contribution is 2.28. The van der Waals surface area contributed by atoms with Crippen LogP contribution in [0.2, 0.25) is 0 Å². The third-order valence-corrected chi connectivity index (χ3v) is 4.70. The Kier molecular flexibility index (Phi) is 4.92. The lowest BCUT2D eigenvalue weighted by Crippen LogP contribution is -2.26. The van der Waals surface area contributed by atoms with E-state index >= 15 is 0 Å². The monoisotopic (exact) mass is 365 g/mol. The van der Waals surface area contributed by atoms with Gasteiger partial charge in [0.05, 0.1) is 16.8 Å². The zero-order valence-corrected chi connectivity index (χ0v) is 15.6. The first-order chi connectivity index (χ1) is 13.2. The van der Waals surface area contributed by atoms with Crippen molar-refractivity contribution in [3.63, 3.8) is 0 Å². The van der Waals surface area contributed by atoms with Gasteiger partial charge in [-0.3, -0.25) is 4.79 Å². The van der Waals surface area contributed by atoms with Crippen molar-refractivity contribution in [2.24, 2.45) is 0 Å². The van der Waals surface area contributed by atoms with Crippen LogP contribution < -0.4 is 10.9 Å². The average Bonchev–Trinajstić information content (AvgIpc) is 2.70. The van der Waals surface area contributed by atoms with Crippen LogP contribution in [0.3, 0.4) is 0 Å². The van der Waals surface area contributed by atoms with Crippen LogP contribution in [0.15, 0.2) is 47.3 Å². The lowest BCUT2D eigenvalue weighted by Gasteiger charge is -2.20. The van der Waals surface area contributed by atoms with Gasteiger partial charge in [0.2, 0.25) is 0 Å². The molecule has 27 heavy (non-hydrogen) atoms. The highest BCUT2D eigenvalue weighted by atomic mass is 16.7. The molecule has 6 nitrogen and oxygen atoms in total. The topological polar surface area (TPSA) is 65.4 Å². The van der Waals surface area contributed by atoms with Gasteiger partial charge in [0, 0.05) is 42.8 Å². The molecule has 0 unspecified atom stereocenters. The van der Waals surface area contributed by atoms with Gasteiger partial charge in [-0.1, -0.05) is 18.2 Å². The second-order valence-corrected chi connectivity index (χ2v) is 6.41. The molecule has 0 spiro atoms. The molecule has 1 N–H and O–H groups in total. The Labute approximate surface area is 157 Å². The van der Waals surface area contributed by atoms with E-state index in [4.69, 9.17) is 9.47 Å². The van der Waals surface area contributed by atoms with Gasteiger partial charge in [-0.05, 0) is 38.1 Å². The molecule has 4 rings (SSSR count). The smallest absolute Gasteiger partial charge is 0.279 e. The molecule has 6 heteroatoms. The van der Waals surface area contributed by atoms with Gasteiger partial charge in [-0.2, -0.15) is 9.78 Å². The normalized spacial score (nSPS) is 13.1. The van der Waals surface area contributed by atoms with Gasteiger partial charge in [0.1, 0.15) is 0 Å². The SMILES string of the molecule is CCOC(OCC)c1cccc(-n2nc3c4c(cccc4c2=O)NCC3)c1. The van der Waals surface area contributed by atoms with Crippen LogP contribution in [0.25, 0.3) is 16.5 Å². The molecule has 140 valence electrons. The van der Waals surface area contributed by atoms with Crippen molar-refractivity contribution in [2.75, 3.05) is 25.1 Å². The summed E-state index contributed by atoms with van der Waals surface area (Å²) < 4.78 is 12.9. The van der Waals surface area contributed by atoms with Crippen molar-refractivity contribution < 1.29 is 9.47 Å². The molecule has 3 aromatic rings. The van der Waals surface area contributed by atoms with E-state index in [1.807, 2.05) is 56.3 Å². The van der Waals surface area contributed by atoms with Crippen molar-refractivity contribution in [1.29, 1.82) is 0 Å². The number of hydrogen-bond donors (Lipinski definition) is 1. The van der Waals surface area contributed by atoms with Gasteiger partial charge >= 0.3 is 0 Å². The third kappa shape index (κ3) is 3.22. The minimum Gasteiger partial charge on any atom is -0.384 e. The summed E-state index contributed by atoms with van der Waals surface area (Å²) in [4.78, 5) is 13.1. The predicted molar refractivity (Wildman–Crippen MR) is 106 cm³/mol. The summed E-state index contributed by atoms with van der Waals surface area (Å²) in [5.41, 5.74) is 3.38. The number of benzene rings is 2. The number of nitrogens with one attached hydrogen (secondary N) is 1. The molecular weight excluding hydrogens is 342 g/mol. The van der Waals surface area contributed by atoms with Crippen molar-refractivity contribution in [2.45, 2.75) is 26.6 Å². The standard InChI is InChI=1S/C21H23N3O3/c1-3-26-21(27-4-2)14-7-5-8-15(13-14)24-20(25)16-9-6-10-17-19(16)18(23-24)11-12-22-17/h5-10,13,21-22H,3-4,11-12H2,1-2H3.